The van der Waals surface area contributed by atoms with Crippen molar-refractivity contribution in [1.82, 2.24) is 9.97 Å². The highest BCUT2D eigenvalue weighted by Gasteiger charge is 2.32. The standard InChI is InChI=1S/C14H9F3N2O3/c15-14(16,17)12-6-9(18-13(20)19-12)3-1-8-2-4-10-11(5-8)22-7-21-10/h1-6H,7H2,(H,18,19,20). The Balaban J connectivity index is 1.89. The highest BCUT2D eigenvalue weighted by Crippen LogP contribution is 2.33. The van der Waals surface area contributed by atoms with Gasteiger partial charge in [0.25, 0.3) is 0 Å². The number of nitrogens with one attached hydrogen (secondary N) is 1. The van der Waals surface area contributed by atoms with Gasteiger partial charge in [-0.2, -0.15) is 18.2 Å². The molecule has 1 aliphatic rings. The molecule has 0 saturated heterocycles. The summed E-state index contributed by atoms with van der Waals surface area (Å²) >= 11 is 0. The fourth-order valence-electron chi connectivity index (χ4n) is 1.91. The molecule has 8 heteroatoms. The van der Waals surface area contributed by atoms with E-state index in [-0.39, 0.29) is 12.5 Å². The van der Waals surface area contributed by atoms with Crippen LogP contribution in [0.5, 0.6) is 11.5 Å². The maximum atomic E-state index is 12.6. The normalized spacial score (nSPS) is 13.8. The fourth-order valence-corrected chi connectivity index (χ4v) is 1.91. The van der Waals surface area contributed by atoms with Crippen LogP contribution in [0.15, 0.2) is 29.1 Å². The zero-order chi connectivity index (χ0) is 15.7. The number of benzene rings is 1. The maximum Gasteiger partial charge on any atom is 0.431 e. The Bertz CT molecular complexity index is 797. The minimum Gasteiger partial charge on any atom is -0.454 e. The van der Waals surface area contributed by atoms with Crippen LogP contribution < -0.4 is 15.2 Å². The van der Waals surface area contributed by atoms with E-state index in [2.05, 4.69) is 4.98 Å². The summed E-state index contributed by atoms with van der Waals surface area (Å²) in [6.07, 6.45) is -1.78. The van der Waals surface area contributed by atoms with Gasteiger partial charge in [-0.25, -0.2) is 4.79 Å². The molecule has 0 bridgehead atoms. The molecule has 1 aliphatic heterocycles. The van der Waals surface area contributed by atoms with Gasteiger partial charge in [0.2, 0.25) is 6.79 Å². The lowest BCUT2D eigenvalue weighted by atomic mass is 10.1. The van der Waals surface area contributed by atoms with Gasteiger partial charge in [0, 0.05) is 0 Å². The number of H-pyrrole nitrogens is 1. The molecule has 0 atom stereocenters. The molecule has 0 unspecified atom stereocenters. The summed E-state index contributed by atoms with van der Waals surface area (Å²) in [5.74, 6) is 1.16. The number of alkyl halides is 3. The minimum absolute atomic E-state index is 0.0891. The van der Waals surface area contributed by atoms with E-state index in [1.807, 2.05) is 0 Å². The number of aromatic nitrogens is 2. The van der Waals surface area contributed by atoms with E-state index in [0.29, 0.717) is 17.1 Å². The summed E-state index contributed by atoms with van der Waals surface area (Å²) in [7, 11) is 0. The molecule has 3 rings (SSSR count). The van der Waals surface area contributed by atoms with E-state index in [1.54, 1.807) is 23.2 Å². The Kier molecular flexibility index (Phi) is 3.36. The molecular weight excluding hydrogens is 301 g/mol. The van der Waals surface area contributed by atoms with Crippen molar-refractivity contribution in [2.45, 2.75) is 6.18 Å². The van der Waals surface area contributed by atoms with Crippen molar-refractivity contribution in [2.75, 3.05) is 6.79 Å². The lowest BCUT2D eigenvalue weighted by Crippen LogP contribution is -2.19. The molecule has 22 heavy (non-hydrogen) atoms. The second kappa shape index (κ2) is 5.21. The lowest BCUT2D eigenvalue weighted by Gasteiger charge is -2.05. The van der Waals surface area contributed by atoms with Crippen molar-refractivity contribution >= 4 is 12.2 Å². The second-order valence-corrected chi connectivity index (χ2v) is 4.47. The van der Waals surface area contributed by atoms with E-state index in [4.69, 9.17) is 9.47 Å². The average Bonchev–Trinajstić information content (AvgIpc) is 2.91. The van der Waals surface area contributed by atoms with Crippen LogP contribution in [0, 0.1) is 0 Å². The Hall–Kier alpha value is -2.77. The maximum absolute atomic E-state index is 12.6. The first-order valence-corrected chi connectivity index (χ1v) is 6.18. The first-order valence-electron chi connectivity index (χ1n) is 6.18. The zero-order valence-electron chi connectivity index (χ0n) is 11.0. The molecule has 2 aromatic rings. The van der Waals surface area contributed by atoms with E-state index in [0.717, 1.165) is 6.07 Å². The predicted octanol–water partition coefficient (Wildman–Crippen LogP) is 2.69. The molecule has 0 spiro atoms. The SMILES string of the molecule is O=c1nc(C=Cc2ccc3c(c2)OCO3)cc(C(F)(F)F)[nH]1. The molecule has 0 saturated carbocycles. The Morgan fingerprint density at radius 2 is 1.91 bits per heavy atom. The molecule has 114 valence electrons. The summed E-state index contributed by atoms with van der Waals surface area (Å²) in [4.78, 5) is 16.3. The Labute approximate surface area is 122 Å². The summed E-state index contributed by atoms with van der Waals surface area (Å²) in [6, 6.07) is 5.85. The van der Waals surface area contributed by atoms with Crippen molar-refractivity contribution in [3.63, 3.8) is 0 Å². The van der Waals surface area contributed by atoms with Gasteiger partial charge in [-0.15, -0.1) is 0 Å². The van der Waals surface area contributed by atoms with Crippen molar-refractivity contribution in [3.05, 3.63) is 51.7 Å². The van der Waals surface area contributed by atoms with Crippen LogP contribution >= 0.6 is 0 Å². The molecule has 0 radical (unpaired) electrons. The van der Waals surface area contributed by atoms with Gasteiger partial charge in [-0.05, 0) is 29.8 Å². The first kappa shape index (κ1) is 14.2. The van der Waals surface area contributed by atoms with Crippen LogP contribution in [0.3, 0.4) is 0 Å². The monoisotopic (exact) mass is 310 g/mol. The highest BCUT2D eigenvalue weighted by molar-refractivity contribution is 5.69. The Morgan fingerprint density at radius 3 is 2.68 bits per heavy atom. The van der Waals surface area contributed by atoms with Gasteiger partial charge in [-0.3, -0.25) is 0 Å². The summed E-state index contributed by atoms with van der Waals surface area (Å²) in [5, 5.41) is 0. The second-order valence-electron chi connectivity index (χ2n) is 4.47. The van der Waals surface area contributed by atoms with Gasteiger partial charge >= 0.3 is 11.9 Å². The van der Waals surface area contributed by atoms with Crippen LogP contribution in [-0.4, -0.2) is 16.8 Å². The minimum atomic E-state index is -4.64. The largest absolute Gasteiger partial charge is 0.454 e. The molecule has 1 aromatic carbocycles. The predicted molar refractivity (Wildman–Crippen MR) is 71.4 cm³/mol. The molecule has 1 N–H and O–H groups in total. The number of nitrogens with zero attached hydrogens (tertiary/aromatic N) is 1. The van der Waals surface area contributed by atoms with Crippen molar-refractivity contribution in [3.8, 4) is 11.5 Å². The van der Waals surface area contributed by atoms with Crippen LogP contribution in [0.1, 0.15) is 17.0 Å². The third kappa shape index (κ3) is 2.95. The van der Waals surface area contributed by atoms with Crippen LogP contribution in [-0.2, 0) is 6.18 Å². The van der Waals surface area contributed by atoms with Crippen LogP contribution in [0.4, 0.5) is 13.2 Å². The van der Waals surface area contributed by atoms with E-state index in [9.17, 15) is 18.0 Å². The third-order valence-corrected chi connectivity index (χ3v) is 2.91. The zero-order valence-corrected chi connectivity index (χ0v) is 11.0. The average molecular weight is 310 g/mol. The van der Waals surface area contributed by atoms with Gasteiger partial charge in [-0.1, -0.05) is 12.1 Å². The summed E-state index contributed by atoms with van der Waals surface area (Å²) in [5.41, 5.74) is -1.60. The van der Waals surface area contributed by atoms with Gasteiger partial charge in [0.1, 0.15) is 5.69 Å². The topological polar surface area (TPSA) is 64.2 Å². The number of rotatable bonds is 2. The molecule has 1 aromatic heterocycles. The molecule has 5 nitrogen and oxygen atoms in total. The molecular formula is C14H9F3N2O3. The van der Waals surface area contributed by atoms with Gasteiger partial charge < -0.3 is 14.5 Å². The van der Waals surface area contributed by atoms with Gasteiger partial charge in [0.15, 0.2) is 11.5 Å². The first-order chi connectivity index (χ1) is 10.4. The van der Waals surface area contributed by atoms with E-state index in [1.165, 1.54) is 12.2 Å². The summed E-state index contributed by atoms with van der Waals surface area (Å²) in [6.45, 7) is 0.132. The number of hydrogen-bond acceptors (Lipinski definition) is 4. The van der Waals surface area contributed by atoms with E-state index >= 15 is 0 Å². The van der Waals surface area contributed by atoms with Crippen LogP contribution in [0.25, 0.3) is 12.2 Å². The van der Waals surface area contributed by atoms with Crippen molar-refractivity contribution < 1.29 is 22.6 Å². The third-order valence-electron chi connectivity index (χ3n) is 2.91. The lowest BCUT2D eigenvalue weighted by molar-refractivity contribution is -0.141. The quantitative estimate of drug-likeness (QED) is 0.926. The molecule has 0 amide bonds. The van der Waals surface area contributed by atoms with Gasteiger partial charge in [0.05, 0.1) is 5.69 Å². The summed E-state index contributed by atoms with van der Waals surface area (Å²) < 4.78 is 48.2. The van der Waals surface area contributed by atoms with Crippen molar-refractivity contribution in [1.29, 1.82) is 0 Å². The van der Waals surface area contributed by atoms with Crippen molar-refractivity contribution in [2.24, 2.45) is 0 Å². The fraction of sp³-hybridized carbons (Fsp3) is 0.143. The van der Waals surface area contributed by atoms with E-state index < -0.39 is 17.6 Å². The molecule has 0 aliphatic carbocycles. The number of ether oxygens (including phenoxy) is 2. The molecule has 2 heterocycles. The highest BCUT2D eigenvalue weighted by atomic mass is 19.4. The smallest absolute Gasteiger partial charge is 0.431 e. The number of aromatic amines is 1. The number of fused-ring (bicyclic) bond motifs is 1. The Morgan fingerprint density at radius 1 is 1.14 bits per heavy atom. The molecule has 0 fully saturated rings. The number of hydrogen-bond donors (Lipinski definition) is 1. The number of halogens is 3. The van der Waals surface area contributed by atoms with Crippen LogP contribution in [0.2, 0.25) is 0 Å².